The Kier molecular flexibility index (Phi) is 7.00. The number of hydrogen-bond donors (Lipinski definition) is 1. The molecule has 1 fully saturated rings. The van der Waals surface area contributed by atoms with Crippen molar-refractivity contribution in [3.8, 4) is 22.7 Å². The van der Waals surface area contributed by atoms with E-state index in [9.17, 15) is 22.0 Å². The molecule has 37 heavy (non-hydrogen) atoms. The molecule has 0 saturated heterocycles. The van der Waals surface area contributed by atoms with Gasteiger partial charge in [-0.15, -0.1) is 15.3 Å². The predicted molar refractivity (Wildman–Crippen MR) is 123 cm³/mol. The molecule has 2 heterocycles. The zero-order chi connectivity index (χ0) is 26.0. The Labute approximate surface area is 208 Å². The molecule has 0 bridgehead atoms. The van der Waals surface area contributed by atoms with E-state index in [2.05, 4.69) is 25.8 Å². The molecule has 7 nitrogen and oxygen atoms in total. The van der Waals surface area contributed by atoms with Gasteiger partial charge >= 0.3 is 6.43 Å². The molecule has 1 aliphatic carbocycles. The van der Waals surface area contributed by atoms with Gasteiger partial charge in [0, 0.05) is 42.1 Å². The first-order valence-corrected chi connectivity index (χ1v) is 11.8. The lowest BCUT2D eigenvalue weighted by Crippen LogP contribution is -2.36. The van der Waals surface area contributed by atoms with E-state index in [0.29, 0.717) is 30.6 Å². The fraction of sp³-hybridized carbons (Fsp3) is 0.360. The molecule has 194 valence electrons. The Balaban J connectivity index is 1.19. The molecule has 0 aliphatic heterocycles. The molecule has 0 radical (unpaired) electrons. The largest absolute Gasteiger partial charge is 0.415 e. The summed E-state index contributed by atoms with van der Waals surface area (Å²) in [4.78, 5) is 0. The molecule has 2 aromatic carbocycles. The van der Waals surface area contributed by atoms with E-state index >= 15 is 0 Å². The number of rotatable bonds is 8. The van der Waals surface area contributed by atoms with Crippen LogP contribution >= 0.6 is 0 Å². The summed E-state index contributed by atoms with van der Waals surface area (Å²) >= 11 is 0. The Bertz CT molecular complexity index is 1340. The van der Waals surface area contributed by atoms with Gasteiger partial charge in [-0.05, 0) is 30.5 Å². The van der Waals surface area contributed by atoms with Gasteiger partial charge in [0.25, 0.3) is 5.89 Å². The zero-order valence-electron chi connectivity index (χ0n) is 19.6. The minimum atomic E-state index is -2.90. The molecule has 12 heteroatoms. The summed E-state index contributed by atoms with van der Waals surface area (Å²) in [5, 5.41) is 18.3. The molecule has 1 saturated carbocycles. The molecule has 0 spiro atoms. The third-order valence-corrected chi connectivity index (χ3v) is 6.36. The van der Waals surface area contributed by atoms with Crippen molar-refractivity contribution in [3.05, 3.63) is 71.5 Å². The average molecular weight is 518 g/mol. The van der Waals surface area contributed by atoms with Crippen molar-refractivity contribution >= 4 is 0 Å². The summed E-state index contributed by atoms with van der Waals surface area (Å²) in [7, 11) is 0. The minimum Gasteiger partial charge on any atom is -0.415 e. The van der Waals surface area contributed by atoms with Crippen LogP contribution in [0.25, 0.3) is 22.7 Å². The van der Waals surface area contributed by atoms with Gasteiger partial charge in [-0.25, -0.2) is 17.9 Å². The van der Waals surface area contributed by atoms with Gasteiger partial charge in [0.2, 0.25) is 11.8 Å². The maximum Gasteiger partial charge on any atom is 0.314 e. The highest BCUT2D eigenvalue weighted by molar-refractivity contribution is 5.58. The van der Waals surface area contributed by atoms with Gasteiger partial charge < -0.3 is 9.73 Å². The normalized spacial score (nSPS) is 15.9. The van der Waals surface area contributed by atoms with Crippen molar-refractivity contribution in [2.45, 2.75) is 57.2 Å². The van der Waals surface area contributed by atoms with Gasteiger partial charge in [-0.1, -0.05) is 35.5 Å². The first-order valence-electron chi connectivity index (χ1n) is 11.8. The molecule has 0 amide bonds. The molecule has 2 aromatic heterocycles. The van der Waals surface area contributed by atoms with Crippen molar-refractivity contribution < 1.29 is 26.4 Å². The van der Waals surface area contributed by atoms with Crippen LogP contribution < -0.4 is 5.32 Å². The maximum absolute atomic E-state index is 14.7. The second-order valence-electron chi connectivity index (χ2n) is 9.06. The van der Waals surface area contributed by atoms with Gasteiger partial charge in [-0.3, -0.25) is 0 Å². The SMILES string of the molecule is Fc1cc(-c2nnc(C(F)F)o2)ccc1Cn1cc(-c2ccc(CNC3CCC(F)(F)CC3)cc2)nn1. The molecular formula is C25H23F5N6O. The fourth-order valence-electron chi connectivity index (χ4n) is 4.23. The fourth-order valence-corrected chi connectivity index (χ4v) is 4.23. The highest BCUT2D eigenvalue weighted by Gasteiger charge is 2.34. The average Bonchev–Trinajstić information content (AvgIpc) is 3.56. The lowest BCUT2D eigenvalue weighted by atomic mass is 9.92. The molecule has 1 aliphatic rings. The molecule has 4 aromatic rings. The predicted octanol–water partition coefficient (Wildman–Crippen LogP) is 5.79. The van der Waals surface area contributed by atoms with Crippen LogP contribution in [-0.4, -0.2) is 37.2 Å². The number of hydrogen-bond acceptors (Lipinski definition) is 6. The molecule has 0 atom stereocenters. The highest BCUT2D eigenvalue weighted by atomic mass is 19.3. The van der Waals surface area contributed by atoms with E-state index in [1.165, 1.54) is 16.8 Å². The first kappa shape index (κ1) is 25.0. The van der Waals surface area contributed by atoms with Crippen LogP contribution in [0.4, 0.5) is 22.0 Å². The van der Waals surface area contributed by atoms with Crippen LogP contribution in [0, 0.1) is 5.82 Å². The topological polar surface area (TPSA) is 81.7 Å². The second kappa shape index (κ2) is 10.4. The lowest BCUT2D eigenvalue weighted by molar-refractivity contribution is -0.0405. The van der Waals surface area contributed by atoms with E-state index in [0.717, 1.165) is 17.2 Å². The number of nitrogens with zero attached hydrogens (tertiary/aromatic N) is 5. The van der Waals surface area contributed by atoms with Crippen molar-refractivity contribution in [3.63, 3.8) is 0 Å². The monoisotopic (exact) mass is 518 g/mol. The van der Waals surface area contributed by atoms with Crippen molar-refractivity contribution in [2.75, 3.05) is 0 Å². The van der Waals surface area contributed by atoms with Crippen molar-refractivity contribution in [1.29, 1.82) is 0 Å². The summed E-state index contributed by atoms with van der Waals surface area (Å²) in [6.07, 6.45) is -0.431. The summed E-state index contributed by atoms with van der Waals surface area (Å²) in [6, 6.07) is 11.9. The number of aromatic nitrogens is 5. The van der Waals surface area contributed by atoms with Gasteiger partial charge in [0.05, 0.1) is 12.7 Å². The first-order chi connectivity index (χ1) is 17.8. The quantitative estimate of drug-likeness (QED) is 0.298. The Morgan fingerprint density at radius 3 is 2.41 bits per heavy atom. The Morgan fingerprint density at radius 2 is 1.73 bits per heavy atom. The lowest BCUT2D eigenvalue weighted by Gasteiger charge is -2.28. The number of nitrogens with one attached hydrogen (secondary N) is 1. The smallest absolute Gasteiger partial charge is 0.314 e. The third kappa shape index (κ3) is 6.01. The minimum absolute atomic E-state index is 0.0753. The summed E-state index contributed by atoms with van der Waals surface area (Å²) in [6.45, 7) is 0.694. The van der Waals surface area contributed by atoms with Gasteiger partial charge in [-0.2, -0.15) is 8.78 Å². The van der Waals surface area contributed by atoms with E-state index in [1.54, 1.807) is 6.20 Å². The van der Waals surface area contributed by atoms with E-state index in [-0.39, 0.29) is 36.9 Å². The van der Waals surface area contributed by atoms with Crippen LogP contribution in [-0.2, 0) is 13.1 Å². The second-order valence-corrected chi connectivity index (χ2v) is 9.06. The van der Waals surface area contributed by atoms with E-state index < -0.39 is 24.1 Å². The van der Waals surface area contributed by atoms with Crippen LogP contribution in [0.15, 0.2) is 53.1 Å². The molecule has 1 N–H and O–H groups in total. The number of halogens is 5. The van der Waals surface area contributed by atoms with Crippen LogP contribution in [0.2, 0.25) is 0 Å². The van der Waals surface area contributed by atoms with Crippen LogP contribution in [0.5, 0.6) is 0 Å². The van der Waals surface area contributed by atoms with E-state index in [1.807, 2.05) is 24.3 Å². The van der Waals surface area contributed by atoms with Crippen molar-refractivity contribution in [1.82, 2.24) is 30.5 Å². The zero-order valence-corrected chi connectivity index (χ0v) is 19.6. The number of benzene rings is 2. The summed E-state index contributed by atoms with van der Waals surface area (Å²) in [5.74, 6) is -4.13. The van der Waals surface area contributed by atoms with Crippen LogP contribution in [0.1, 0.15) is 49.1 Å². The molecular weight excluding hydrogens is 495 g/mol. The molecule has 0 unspecified atom stereocenters. The van der Waals surface area contributed by atoms with Gasteiger partial charge in [0.1, 0.15) is 11.5 Å². The standard InChI is InChI=1S/C25H23F5N6O/c26-20-11-17(23-33-34-24(37-23)22(27)28)5-6-18(20)13-36-14-21(32-35-36)16-3-1-15(2-4-16)12-31-19-7-9-25(29,30)10-8-19/h1-6,11,14,19,22,31H,7-10,12-13H2. The van der Waals surface area contributed by atoms with Crippen molar-refractivity contribution in [2.24, 2.45) is 0 Å². The Hall–Kier alpha value is -3.67. The van der Waals surface area contributed by atoms with Gasteiger partial charge in [0.15, 0.2) is 0 Å². The molecule has 5 rings (SSSR count). The summed E-state index contributed by atoms with van der Waals surface area (Å²) < 4.78 is 72.9. The Morgan fingerprint density at radius 1 is 1.00 bits per heavy atom. The van der Waals surface area contributed by atoms with E-state index in [4.69, 9.17) is 4.42 Å². The maximum atomic E-state index is 14.7. The number of alkyl halides is 4. The highest BCUT2D eigenvalue weighted by Crippen LogP contribution is 2.33. The third-order valence-electron chi connectivity index (χ3n) is 6.36. The summed E-state index contributed by atoms with van der Waals surface area (Å²) in [5.41, 5.74) is 2.97. The van der Waals surface area contributed by atoms with Crippen LogP contribution in [0.3, 0.4) is 0 Å².